The largest absolute Gasteiger partial charge is 0.462 e. The third kappa shape index (κ3) is 28.9. The fraction of sp³-hybridized carbons (Fsp3) is 0.730. The Morgan fingerprint density at radius 1 is 0.644 bits per heavy atom. The number of rotatable bonds is 29. The van der Waals surface area contributed by atoms with Crippen molar-refractivity contribution >= 4 is 11.9 Å². The molecule has 0 bridgehead atoms. The molecule has 8 nitrogen and oxygen atoms in total. The van der Waals surface area contributed by atoms with Crippen LogP contribution in [-0.4, -0.2) is 70.0 Å². The summed E-state index contributed by atoms with van der Waals surface area (Å²) in [4.78, 5) is 24.2. The summed E-state index contributed by atoms with van der Waals surface area (Å²) in [6.45, 7) is 6.00. The van der Waals surface area contributed by atoms with Crippen LogP contribution in [0, 0.1) is 5.92 Å². The highest BCUT2D eigenvalue weighted by Crippen LogP contribution is 2.14. The Bertz CT molecular complexity index is 832. The predicted octanol–water partition coefficient (Wildman–Crippen LogP) is 7.05. The molecular weight excluding hydrogens is 572 g/mol. The number of aliphatic hydroxyl groups excluding tert-OH is 4. The molecule has 0 amide bonds. The van der Waals surface area contributed by atoms with Gasteiger partial charge in [-0.3, -0.25) is 9.59 Å². The molecule has 0 aliphatic heterocycles. The Morgan fingerprint density at radius 2 is 1.20 bits per heavy atom. The van der Waals surface area contributed by atoms with Crippen LogP contribution in [-0.2, 0) is 19.1 Å². The number of carbonyl (C=O) groups excluding carboxylic acids is 2. The zero-order chi connectivity index (χ0) is 33.5. The second kappa shape index (κ2) is 30.4. The van der Waals surface area contributed by atoms with Crippen molar-refractivity contribution in [1.82, 2.24) is 0 Å². The van der Waals surface area contributed by atoms with Crippen LogP contribution in [0.5, 0.6) is 0 Å². The number of allylic oxidation sites excluding steroid dienone is 6. The molecule has 0 spiro atoms. The Hall–Kier alpha value is -2.26. The zero-order valence-corrected chi connectivity index (χ0v) is 28.4. The van der Waals surface area contributed by atoms with E-state index in [2.05, 4.69) is 20.8 Å². The predicted molar refractivity (Wildman–Crippen MR) is 182 cm³/mol. The van der Waals surface area contributed by atoms with E-state index < -0.39 is 37.0 Å². The van der Waals surface area contributed by atoms with Crippen LogP contribution in [0.4, 0.5) is 0 Å². The van der Waals surface area contributed by atoms with Crippen LogP contribution in [0.1, 0.15) is 130 Å². The number of carbonyl (C=O) groups is 2. The van der Waals surface area contributed by atoms with Crippen molar-refractivity contribution in [3.63, 3.8) is 0 Å². The molecule has 45 heavy (non-hydrogen) atoms. The van der Waals surface area contributed by atoms with Crippen LogP contribution in [0.2, 0.25) is 0 Å². The van der Waals surface area contributed by atoms with Gasteiger partial charge in [0.1, 0.15) is 6.61 Å². The van der Waals surface area contributed by atoms with Crippen molar-refractivity contribution in [3.05, 3.63) is 48.6 Å². The summed E-state index contributed by atoms with van der Waals surface area (Å²) in [5, 5.41) is 39.6. The van der Waals surface area contributed by atoms with Crippen LogP contribution in [0.15, 0.2) is 48.6 Å². The van der Waals surface area contributed by atoms with Gasteiger partial charge in [-0.25, -0.2) is 0 Å². The van der Waals surface area contributed by atoms with Crippen molar-refractivity contribution in [3.8, 4) is 0 Å². The standard InChI is InChI=1S/C37H64O8/c1-4-5-16-23-32(39)24-18-13-10-11-14-19-25-34(40)35(41)26-21-28-37(43)45-33(29-38)30-44-36(42)27-20-15-9-7-6-8-12-17-22-31(2)3/h10-11,13-14,18-19,24-25,31-35,38-41H,4-9,12,15-17,20-23,26-30H2,1-3H3/b13-10-,14-11+,24-18+,25-19+/t32-,33-,34-,35-/m0/s1. The maximum absolute atomic E-state index is 12.1. The van der Waals surface area contributed by atoms with E-state index in [0.717, 1.165) is 50.9 Å². The van der Waals surface area contributed by atoms with E-state index in [-0.39, 0.29) is 31.8 Å². The summed E-state index contributed by atoms with van der Waals surface area (Å²) in [5.41, 5.74) is 0. The van der Waals surface area contributed by atoms with Crippen molar-refractivity contribution in [1.29, 1.82) is 0 Å². The molecule has 0 rings (SSSR count). The Morgan fingerprint density at radius 3 is 1.82 bits per heavy atom. The second-order valence-corrected chi connectivity index (χ2v) is 12.3. The van der Waals surface area contributed by atoms with E-state index in [0.29, 0.717) is 6.42 Å². The van der Waals surface area contributed by atoms with Gasteiger partial charge in [0.2, 0.25) is 0 Å². The van der Waals surface area contributed by atoms with E-state index in [1.165, 1.54) is 44.6 Å². The number of unbranched alkanes of at least 4 members (excludes halogenated alkanes) is 9. The average Bonchev–Trinajstić information content (AvgIpc) is 3.01. The smallest absolute Gasteiger partial charge is 0.306 e. The number of esters is 2. The highest BCUT2D eigenvalue weighted by atomic mass is 16.6. The summed E-state index contributed by atoms with van der Waals surface area (Å²) in [6.07, 6.45) is 25.5. The fourth-order valence-electron chi connectivity index (χ4n) is 4.59. The van der Waals surface area contributed by atoms with Crippen molar-refractivity contribution in [2.45, 2.75) is 154 Å². The molecule has 0 fully saturated rings. The van der Waals surface area contributed by atoms with Crippen molar-refractivity contribution in [2.24, 2.45) is 5.92 Å². The minimum Gasteiger partial charge on any atom is -0.462 e. The van der Waals surface area contributed by atoms with Gasteiger partial charge in [0.25, 0.3) is 0 Å². The van der Waals surface area contributed by atoms with Crippen molar-refractivity contribution < 1.29 is 39.5 Å². The average molecular weight is 637 g/mol. The number of aliphatic hydroxyl groups is 4. The molecule has 0 unspecified atom stereocenters. The normalized spacial score (nSPS) is 15.0. The van der Waals surface area contributed by atoms with E-state index in [1.54, 1.807) is 36.5 Å². The first kappa shape index (κ1) is 42.7. The molecule has 0 aliphatic carbocycles. The molecule has 0 radical (unpaired) electrons. The molecule has 0 saturated heterocycles. The maximum atomic E-state index is 12.1. The monoisotopic (exact) mass is 636 g/mol. The Labute approximate surface area is 273 Å². The van der Waals surface area contributed by atoms with Crippen LogP contribution in [0.25, 0.3) is 0 Å². The van der Waals surface area contributed by atoms with Gasteiger partial charge in [-0.15, -0.1) is 0 Å². The Balaban J connectivity index is 4.01. The first-order chi connectivity index (χ1) is 21.7. The molecule has 0 aromatic carbocycles. The minimum absolute atomic E-state index is 0.00117. The number of hydrogen-bond donors (Lipinski definition) is 4. The van der Waals surface area contributed by atoms with E-state index in [9.17, 15) is 30.0 Å². The quantitative estimate of drug-likeness (QED) is 0.0390. The molecule has 0 saturated carbocycles. The fourth-order valence-corrected chi connectivity index (χ4v) is 4.59. The van der Waals surface area contributed by atoms with Gasteiger partial charge in [-0.1, -0.05) is 140 Å². The molecule has 0 aromatic heterocycles. The van der Waals surface area contributed by atoms with E-state index in [1.807, 2.05) is 6.08 Å². The summed E-state index contributed by atoms with van der Waals surface area (Å²) < 4.78 is 10.4. The van der Waals surface area contributed by atoms with Gasteiger partial charge < -0.3 is 29.9 Å². The Kier molecular flexibility index (Phi) is 28.9. The summed E-state index contributed by atoms with van der Waals surface area (Å²) >= 11 is 0. The molecular formula is C37H64O8. The highest BCUT2D eigenvalue weighted by Gasteiger charge is 2.18. The molecule has 4 N–H and O–H groups in total. The number of ether oxygens (including phenoxy) is 2. The third-order valence-electron chi connectivity index (χ3n) is 7.42. The lowest BCUT2D eigenvalue weighted by atomic mass is 10.0. The van der Waals surface area contributed by atoms with Gasteiger partial charge >= 0.3 is 11.9 Å². The SMILES string of the molecule is CCCCC[C@H](O)/C=C/C=C\C=C\C=C\[C@H](O)[C@@H](O)CCCC(=O)O[C@@H](CO)COC(=O)CCCCCCCCCCC(C)C. The topological polar surface area (TPSA) is 134 Å². The van der Waals surface area contributed by atoms with Gasteiger partial charge in [-0.05, 0) is 31.6 Å². The number of hydrogen-bond acceptors (Lipinski definition) is 8. The summed E-state index contributed by atoms with van der Waals surface area (Å²) in [7, 11) is 0. The minimum atomic E-state index is -1.09. The van der Waals surface area contributed by atoms with Crippen LogP contribution >= 0.6 is 0 Å². The lowest BCUT2D eigenvalue weighted by molar-refractivity contribution is -0.161. The van der Waals surface area contributed by atoms with Gasteiger partial charge in [0, 0.05) is 12.8 Å². The first-order valence-corrected chi connectivity index (χ1v) is 17.4. The highest BCUT2D eigenvalue weighted by molar-refractivity contribution is 5.70. The lowest BCUT2D eigenvalue weighted by Crippen LogP contribution is -2.29. The summed E-state index contributed by atoms with van der Waals surface area (Å²) in [5.74, 6) is -0.148. The third-order valence-corrected chi connectivity index (χ3v) is 7.42. The van der Waals surface area contributed by atoms with Gasteiger partial charge in [0.05, 0.1) is 24.9 Å². The molecule has 0 aliphatic rings. The zero-order valence-electron chi connectivity index (χ0n) is 28.4. The lowest BCUT2D eigenvalue weighted by Gasteiger charge is -2.17. The maximum Gasteiger partial charge on any atom is 0.306 e. The first-order valence-electron chi connectivity index (χ1n) is 17.4. The van der Waals surface area contributed by atoms with Crippen LogP contribution < -0.4 is 0 Å². The molecule has 260 valence electrons. The van der Waals surface area contributed by atoms with Crippen LogP contribution in [0.3, 0.4) is 0 Å². The molecule has 8 heteroatoms. The van der Waals surface area contributed by atoms with Crippen molar-refractivity contribution in [2.75, 3.05) is 13.2 Å². The summed E-state index contributed by atoms with van der Waals surface area (Å²) in [6, 6.07) is 0. The van der Waals surface area contributed by atoms with E-state index in [4.69, 9.17) is 9.47 Å². The molecule has 0 aromatic rings. The van der Waals surface area contributed by atoms with E-state index >= 15 is 0 Å². The molecule has 4 atom stereocenters. The molecule has 0 heterocycles. The second-order valence-electron chi connectivity index (χ2n) is 12.3. The van der Waals surface area contributed by atoms with Gasteiger partial charge in [0.15, 0.2) is 6.10 Å². The van der Waals surface area contributed by atoms with Gasteiger partial charge in [-0.2, -0.15) is 0 Å².